The van der Waals surface area contributed by atoms with Crippen molar-refractivity contribution < 1.29 is 14.1 Å². The van der Waals surface area contributed by atoms with Gasteiger partial charge in [-0.2, -0.15) is 4.39 Å². The highest BCUT2D eigenvalue weighted by atomic mass is 19.1. The molecule has 0 saturated carbocycles. The van der Waals surface area contributed by atoms with Gasteiger partial charge in [-0.15, -0.1) is 0 Å². The Morgan fingerprint density at radius 1 is 1.41 bits per heavy atom. The van der Waals surface area contributed by atoms with Crippen molar-refractivity contribution in [2.75, 3.05) is 5.32 Å². The largest absolute Gasteiger partial charge is 0.326 e. The van der Waals surface area contributed by atoms with Gasteiger partial charge < -0.3 is 5.32 Å². The van der Waals surface area contributed by atoms with E-state index in [2.05, 4.69) is 5.32 Å². The first-order valence-electron chi connectivity index (χ1n) is 4.97. The number of benzene rings is 1. The third-order valence-electron chi connectivity index (χ3n) is 2.08. The third-order valence-corrected chi connectivity index (χ3v) is 2.08. The van der Waals surface area contributed by atoms with E-state index >= 15 is 0 Å². The molecule has 0 aliphatic rings. The Bertz CT molecular complexity index is 466. The van der Waals surface area contributed by atoms with E-state index in [9.17, 15) is 19.3 Å². The molecule has 0 heterocycles. The minimum absolute atomic E-state index is 0.202. The second-order valence-corrected chi connectivity index (χ2v) is 4.63. The summed E-state index contributed by atoms with van der Waals surface area (Å²) in [6.07, 6.45) is 0. The molecule has 1 aromatic rings. The second-order valence-electron chi connectivity index (χ2n) is 4.63. The molecule has 17 heavy (non-hydrogen) atoms. The third kappa shape index (κ3) is 3.24. The van der Waals surface area contributed by atoms with Gasteiger partial charge in [0.25, 0.3) is 0 Å². The Morgan fingerprint density at radius 3 is 2.41 bits per heavy atom. The molecule has 0 fully saturated rings. The first-order chi connectivity index (χ1) is 7.71. The molecule has 6 heteroatoms. The number of hydrogen-bond donors (Lipinski definition) is 1. The van der Waals surface area contributed by atoms with E-state index in [0.29, 0.717) is 0 Å². The SMILES string of the molecule is CC(C)(C)C(=O)Nc1ccc([N+](=O)[O-])c(F)c1. The summed E-state index contributed by atoms with van der Waals surface area (Å²) in [6, 6.07) is 3.25. The fourth-order valence-corrected chi connectivity index (χ4v) is 1.05. The van der Waals surface area contributed by atoms with Crippen LogP contribution in [-0.2, 0) is 4.79 Å². The molecule has 1 N–H and O–H groups in total. The maximum atomic E-state index is 13.3. The second kappa shape index (κ2) is 4.48. The van der Waals surface area contributed by atoms with Crippen molar-refractivity contribution in [2.45, 2.75) is 20.8 Å². The van der Waals surface area contributed by atoms with Crippen LogP contribution in [0.2, 0.25) is 0 Å². The van der Waals surface area contributed by atoms with Crippen molar-refractivity contribution in [3.8, 4) is 0 Å². The molecule has 0 radical (unpaired) electrons. The van der Waals surface area contributed by atoms with E-state index in [1.807, 2.05) is 0 Å². The van der Waals surface area contributed by atoms with Crippen LogP contribution < -0.4 is 5.32 Å². The summed E-state index contributed by atoms with van der Waals surface area (Å²) in [4.78, 5) is 21.2. The fourth-order valence-electron chi connectivity index (χ4n) is 1.05. The van der Waals surface area contributed by atoms with Crippen LogP contribution in [0.15, 0.2) is 18.2 Å². The Morgan fingerprint density at radius 2 is 2.00 bits per heavy atom. The number of anilines is 1. The first-order valence-corrected chi connectivity index (χ1v) is 4.97. The molecule has 92 valence electrons. The zero-order valence-electron chi connectivity index (χ0n) is 9.78. The number of nitro benzene ring substituents is 1. The van der Waals surface area contributed by atoms with E-state index in [1.54, 1.807) is 20.8 Å². The topological polar surface area (TPSA) is 72.2 Å². The molecule has 5 nitrogen and oxygen atoms in total. The van der Waals surface area contributed by atoms with E-state index in [4.69, 9.17) is 0 Å². The minimum atomic E-state index is -0.971. The van der Waals surface area contributed by atoms with E-state index in [-0.39, 0.29) is 11.6 Å². The van der Waals surface area contributed by atoms with Crippen LogP contribution >= 0.6 is 0 Å². The molecule has 0 spiro atoms. The van der Waals surface area contributed by atoms with Gasteiger partial charge in [-0.1, -0.05) is 20.8 Å². The highest BCUT2D eigenvalue weighted by molar-refractivity contribution is 5.94. The average molecular weight is 240 g/mol. The summed E-state index contributed by atoms with van der Waals surface area (Å²) in [7, 11) is 0. The molecule has 0 aliphatic carbocycles. The summed E-state index contributed by atoms with van der Waals surface area (Å²) in [5.41, 5.74) is -1.02. The maximum absolute atomic E-state index is 13.3. The maximum Gasteiger partial charge on any atom is 0.304 e. The van der Waals surface area contributed by atoms with Gasteiger partial charge in [0.05, 0.1) is 4.92 Å². The molecule has 0 aliphatic heterocycles. The van der Waals surface area contributed by atoms with Crippen LogP contribution in [0.4, 0.5) is 15.8 Å². The molecule has 1 rings (SSSR count). The highest BCUT2D eigenvalue weighted by Gasteiger charge is 2.22. The smallest absolute Gasteiger partial charge is 0.304 e. The Hall–Kier alpha value is -1.98. The number of carbonyl (C=O) groups excluding carboxylic acids is 1. The first kappa shape index (κ1) is 13.1. The Kier molecular flexibility index (Phi) is 3.45. The molecule has 1 amide bonds. The lowest BCUT2D eigenvalue weighted by molar-refractivity contribution is -0.387. The number of nitrogens with one attached hydrogen (secondary N) is 1. The Labute approximate surface area is 97.8 Å². The molecule has 0 unspecified atom stereocenters. The van der Waals surface area contributed by atoms with Gasteiger partial charge in [-0.3, -0.25) is 14.9 Å². The van der Waals surface area contributed by atoms with Crippen LogP contribution in [0.5, 0.6) is 0 Å². The summed E-state index contributed by atoms with van der Waals surface area (Å²) in [5, 5.41) is 12.9. The van der Waals surface area contributed by atoms with Gasteiger partial charge in [0.15, 0.2) is 0 Å². The van der Waals surface area contributed by atoms with Gasteiger partial charge in [0.2, 0.25) is 11.7 Å². The molecule has 0 atom stereocenters. The number of nitro groups is 1. The van der Waals surface area contributed by atoms with Gasteiger partial charge in [0.1, 0.15) is 0 Å². The van der Waals surface area contributed by atoms with E-state index < -0.39 is 21.8 Å². The van der Waals surface area contributed by atoms with Crippen LogP contribution in [0, 0.1) is 21.3 Å². The number of rotatable bonds is 2. The molecule has 0 saturated heterocycles. The van der Waals surface area contributed by atoms with Gasteiger partial charge >= 0.3 is 5.69 Å². The molecule has 0 bridgehead atoms. The minimum Gasteiger partial charge on any atom is -0.326 e. The summed E-state index contributed by atoms with van der Waals surface area (Å²) < 4.78 is 13.3. The molecule has 0 aromatic heterocycles. The average Bonchev–Trinajstić information content (AvgIpc) is 2.15. The summed E-state index contributed by atoms with van der Waals surface area (Å²) >= 11 is 0. The Balaban J connectivity index is 2.92. The van der Waals surface area contributed by atoms with E-state index in [0.717, 1.165) is 12.1 Å². The molecule has 1 aromatic carbocycles. The monoisotopic (exact) mass is 240 g/mol. The lowest BCUT2D eigenvalue weighted by Crippen LogP contribution is -2.27. The van der Waals surface area contributed by atoms with Gasteiger partial charge in [0, 0.05) is 23.2 Å². The predicted octanol–water partition coefficient (Wildman–Crippen LogP) is 2.72. The van der Waals surface area contributed by atoms with Crippen molar-refractivity contribution in [1.29, 1.82) is 0 Å². The number of hydrogen-bond acceptors (Lipinski definition) is 3. The quantitative estimate of drug-likeness (QED) is 0.638. The molecular formula is C11H13FN2O3. The van der Waals surface area contributed by atoms with Crippen molar-refractivity contribution in [3.63, 3.8) is 0 Å². The zero-order valence-corrected chi connectivity index (χ0v) is 9.78. The van der Waals surface area contributed by atoms with Crippen molar-refractivity contribution in [3.05, 3.63) is 34.1 Å². The summed E-state index contributed by atoms with van der Waals surface area (Å²) in [5.74, 6) is -1.26. The number of nitrogens with zero attached hydrogens (tertiary/aromatic N) is 1. The standard InChI is InChI=1S/C11H13FN2O3/c1-11(2,3)10(15)13-7-4-5-9(14(16)17)8(12)6-7/h4-6H,1-3H3,(H,13,15). The van der Waals surface area contributed by atoms with Crippen molar-refractivity contribution >= 4 is 17.3 Å². The van der Waals surface area contributed by atoms with Crippen LogP contribution in [0.1, 0.15) is 20.8 Å². The van der Waals surface area contributed by atoms with Crippen LogP contribution in [0.25, 0.3) is 0 Å². The summed E-state index contributed by atoms with van der Waals surface area (Å²) in [6.45, 7) is 5.14. The zero-order chi connectivity index (χ0) is 13.2. The van der Waals surface area contributed by atoms with E-state index in [1.165, 1.54) is 6.07 Å². The lowest BCUT2D eigenvalue weighted by Gasteiger charge is -2.17. The van der Waals surface area contributed by atoms with Gasteiger partial charge in [-0.05, 0) is 6.07 Å². The number of amides is 1. The molecular weight excluding hydrogens is 227 g/mol. The lowest BCUT2D eigenvalue weighted by atomic mass is 9.95. The van der Waals surface area contributed by atoms with Crippen molar-refractivity contribution in [2.24, 2.45) is 5.41 Å². The number of halogens is 1. The van der Waals surface area contributed by atoms with Gasteiger partial charge in [-0.25, -0.2) is 0 Å². The van der Waals surface area contributed by atoms with Crippen LogP contribution in [-0.4, -0.2) is 10.8 Å². The fraction of sp³-hybridized carbons (Fsp3) is 0.364. The highest BCUT2D eigenvalue weighted by Crippen LogP contribution is 2.22. The normalized spacial score (nSPS) is 11.1. The van der Waals surface area contributed by atoms with Crippen molar-refractivity contribution in [1.82, 2.24) is 0 Å². The van der Waals surface area contributed by atoms with Crippen LogP contribution in [0.3, 0.4) is 0 Å². The number of carbonyl (C=O) groups is 1. The predicted molar refractivity (Wildman–Crippen MR) is 61.1 cm³/mol.